The molecule has 0 radical (unpaired) electrons. The van der Waals surface area contributed by atoms with Gasteiger partial charge in [-0.25, -0.2) is 0 Å². The second kappa shape index (κ2) is 7.30. The first-order valence-electron chi connectivity index (χ1n) is 5.84. The van der Waals surface area contributed by atoms with Crippen molar-refractivity contribution in [2.24, 2.45) is 0 Å². The summed E-state index contributed by atoms with van der Waals surface area (Å²) >= 11 is 0. The predicted octanol–water partition coefficient (Wildman–Crippen LogP) is 2.95. The van der Waals surface area contributed by atoms with Gasteiger partial charge in [-0.05, 0) is 38.4 Å². The molecular weight excluding hydrogens is 184 g/mol. The molecule has 2 heteroatoms. The van der Waals surface area contributed by atoms with Gasteiger partial charge >= 0.3 is 0 Å². The van der Waals surface area contributed by atoms with Crippen LogP contribution >= 0.6 is 0 Å². The van der Waals surface area contributed by atoms with E-state index < -0.39 is 0 Å². The molecular formula is C13H22N2. The van der Waals surface area contributed by atoms with E-state index in [1.807, 2.05) is 0 Å². The number of hydrogen-bond donors (Lipinski definition) is 1. The number of aromatic nitrogens is 1. The Labute approximate surface area is 93.0 Å². The molecule has 0 bridgehead atoms. The van der Waals surface area contributed by atoms with Crippen LogP contribution in [0.1, 0.15) is 32.4 Å². The fourth-order valence-corrected chi connectivity index (χ4v) is 1.64. The minimum absolute atomic E-state index is 0.977. The van der Waals surface area contributed by atoms with Crippen molar-refractivity contribution in [1.82, 2.24) is 9.88 Å². The average Bonchev–Trinajstić information content (AvgIpc) is 2.66. The van der Waals surface area contributed by atoms with E-state index in [0.717, 1.165) is 26.1 Å². The third-order valence-corrected chi connectivity index (χ3v) is 2.42. The molecule has 0 amide bonds. The Morgan fingerprint density at radius 3 is 3.07 bits per heavy atom. The second-order valence-corrected chi connectivity index (χ2v) is 3.73. The maximum atomic E-state index is 3.45. The van der Waals surface area contributed by atoms with Crippen molar-refractivity contribution in [3.63, 3.8) is 0 Å². The highest BCUT2D eigenvalue weighted by molar-refractivity contribution is 5.06. The highest BCUT2D eigenvalue weighted by Crippen LogP contribution is 2.03. The summed E-state index contributed by atoms with van der Waals surface area (Å²) in [4.78, 5) is 0. The molecule has 2 nitrogen and oxygen atoms in total. The van der Waals surface area contributed by atoms with Crippen molar-refractivity contribution < 1.29 is 0 Å². The summed E-state index contributed by atoms with van der Waals surface area (Å²) in [6.45, 7) is 7.43. The van der Waals surface area contributed by atoms with Crippen LogP contribution in [0.25, 0.3) is 0 Å². The molecule has 1 heterocycles. The van der Waals surface area contributed by atoms with Crippen molar-refractivity contribution >= 4 is 0 Å². The van der Waals surface area contributed by atoms with Gasteiger partial charge in [0.05, 0.1) is 0 Å². The molecule has 1 aromatic heterocycles. The van der Waals surface area contributed by atoms with E-state index in [4.69, 9.17) is 0 Å². The zero-order chi connectivity index (χ0) is 10.9. The molecule has 0 aliphatic heterocycles. The molecule has 1 N–H and O–H groups in total. The van der Waals surface area contributed by atoms with Gasteiger partial charge in [0.2, 0.25) is 0 Å². The summed E-state index contributed by atoms with van der Waals surface area (Å²) in [5.41, 5.74) is 1.39. The van der Waals surface area contributed by atoms with E-state index in [1.165, 1.54) is 12.1 Å². The topological polar surface area (TPSA) is 17.0 Å². The molecule has 0 unspecified atom stereocenters. The van der Waals surface area contributed by atoms with Crippen LogP contribution in [0, 0.1) is 0 Å². The van der Waals surface area contributed by atoms with Crippen LogP contribution in [0.15, 0.2) is 30.5 Å². The summed E-state index contributed by atoms with van der Waals surface area (Å²) in [5, 5.41) is 3.45. The third kappa shape index (κ3) is 4.34. The van der Waals surface area contributed by atoms with Gasteiger partial charge in [0.1, 0.15) is 0 Å². The van der Waals surface area contributed by atoms with Gasteiger partial charge in [0.15, 0.2) is 0 Å². The molecule has 0 atom stereocenters. The second-order valence-electron chi connectivity index (χ2n) is 3.73. The number of allylic oxidation sites excluding steroid dienone is 1. The molecule has 0 spiro atoms. The Morgan fingerprint density at radius 2 is 2.33 bits per heavy atom. The minimum atomic E-state index is 0.977. The van der Waals surface area contributed by atoms with E-state index in [1.54, 1.807) is 0 Å². The molecule has 15 heavy (non-hydrogen) atoms. The highest BCUT2D eigenvalue weighted by Gasteiger charge is 1.98. The van der Waals surface area contributed by atoms with E-state index in [9.17, 15) is 0 Å². The van der Waals surface area contributed by atoms with Crippen molar-refractivity contribution in [3.8, 4) is 0 Å². The van der Waals surface area contributed by atoms with Gasteiger partial charge in [-0.2, -0.15) is 0 Å². The Bertz CT molecular complexity index is 286. The maximum Gasteiger partial charge on any atom is 0.0359 e. The summed E-state index contributed by atoms with van der Waals surface area (Å²) < 4.78 is 2.32. The van der Waals surface area contributed by atoms with Gasteiger partial charge in [0.25, 0.3) is 0 Å². The lowest BCUT2D eigenvalue weighted by molar-refractivity contribution is 0.605. The number of nitrogens with zero attached hydrogens (tertiary/aromatic N) is 1. The van der Waals surface area contributed by atoms with E-state index in [2.05, 4.69) is 54.2 Å². The molecule has 0 saturated carbocycles. The van der Waals surface area contributed by atoms with Crippen LogP contribution in [-0.4, -0.2) is 11.1 Å². The first-order valence-corrected chi connectivity index (χ1v) is 5.84. The summed E-state index contributed by atoms with van der Waals surface area (Å²) in [7, 11) is 0. The number of hydrogen-bond acceptors (Lipinski definition) is 1. The smallest absolute Gasteiger partial charge is 0.0359 e. The summed E-state index contributed by atoms with van der Waals surface area (Å²) in [6, 6.07) is 4.32. The van der Waals surface area contributed by atoms with Crippen molar-refractivity contribution in [2.75, 3.05) is 6.54 Å². The average molecular weight is 206 g/mol. The predicted molar refractivity (Wildman–Crippen MR) is 65.9 cm³/mol. The molecule has 1 rings (SSSR count). The Balaban J connectivity index is 2.27. The zero-order valence-corrected chi connectivity index (χ0v) is 9.87. The quantitative estimate of drug-likeness (QED) is 0.536. The Kier molecular flexibility index (Phi) is 5.86. The standard InChI is InChI=1S/C13H22N2/c1-3-5-6-9-14-12-13-8-7-11-15(13)10-4-2/h3,5,7-8,11,14H,4,6,9-10,12H2,1-2H3/b5-3+. The van der Waals surface area contributed by atoms with Crippen molar-refractivity contribution in [2.45, 2.75) is 39.8 Å². The molecule has 0 saturated heterocycles. The largest absolute Gasteiger partial charge is 0.350 e. The lowest BCUT2D eigenvalue weighted by Crippen LogP contribution is -2.16. The van der Waals surface area contributed by atoms with E-state index in [-0.39, 0.29) is 0 Å². The Morgan fingerprint density at radius 1 is 1.47 bits per heavy atom. The van der Waals surface area contributed by atoms with Crippen LogP contribution in [0.3, 0.4) is 0 Å². The summed E-state index contributed by atoms with van der Waals surface area (Å²) in [5.74, 6) is 0. The van der Waals surface area contributed by atoms with Crippen LogP contribution in [0.2, 0.25) is 0 Å². The third-order valence-electron chi connectivity index (χ3n) is 2.42. The van der Waals surface area contributed by atoms with Crippen molar-refractivity contribution in [3.05, 3.63) is 36.2 Å². The molecule has 84 valence electrons. The zero-order valence-electron chi connectivity index (χ0n) is 9.87. The molecule has 0 aromatic carbocycles. The Hall–Kier alpha value is -1.02. The monoisotopic (exact) mass is 206 g/mol. The summed E-state index contributed by atoms with van der Waals surface area (Å²) in [6.07, 6.45) is 8.76. The fourth-order valence-electron chi connectivity index (χ4n) is 1.64. The van der Waals surface area contributed by atoms with Crippen LogP contribution in [0.5, 0.6) is 0 Å². The fraction of sp³-hybridized carbons (Fsp3) is 0.538. The molecule has 1 aromatic rings. The lowest BCUT2D eigenvalue weighted by Gasteiger charge is -2.08. The first-order chi connectivity index (χ1) is 7.38. The van der Waals surface area contributed by atoms with E-state index in [0.29, 0.717) is 0 Å². The molecule has 0 fully saturated rings. The van der Waals surface area contributed by atoms with Crippen LogP contribution in [-0.2, 0) is 13.1 Å². The van der Waals surface area contributed by atoms with E-state index >= 15 is 0 Å². The lowest BCUT2D eigenvalue weighted by atomic mass is 10.3. The first kappa shape index (κ1) is 12.1. The number of aryl methyl sites for hydroxylation is 1. The van der Waals surface area contributed by atoms with Gasteiger partial charge in [-0.1, -0.05) is 19.1 Å². The number of rotatable bonds is 7. The van der Waals surface area contributed by atoms with Crippen LogP contribution in [0.4, 0.5) is 0 Å². The molecule has 0 aliphatic carbocycles. The van der Waals surface area contributed by atoms with Gasteiger partial charge in [0, 0.05) is 25.0 Å². The minimum Gasteiger partial charge on any atom is -0.350 e. The SMILES string of the molecule is C/C=C/CCNCc1cccn1CCC. The number of nitrogens with one attached hydrogen (secondary N) is 1. The van der Waals surface area contributed by atoms with Crippen LogP contribution < -0.4 is 5.32 Å². The van der Waals surface area contributed by atoms with Crippen molar-refractivity contribution in [1.29, 1.82) is 0 Å². The van der Waals surface area contributed by atoms with Gasteiger partial charge in [-0.15, -0.1) is 0 Å². The van der Waals surface area contributed by atoms with Gasteiger partial charge < -0.3 is 9.88 Å². The highest BCUT2D eigenvalue weighted by atomic mass is 15.0. The maximum absolute atomic E-state index is 3.45. The van der Waals surface area contributed by atoms with Gasteiger partial charge in [-0.3, -0.25) is 0 Å². The normalized spacial score (nSPS) is 11.3. The molecule has 0 aliphatic rings.